The molecule has 4 heteroatoms. The van der Waals surface area contributed by atoms with Crippen LogP contribution in [-0.2, 0) is 0 Å². The van der Waals surface area contributed by atoms with E-state index in [9.17, 15) is 4.79 Å². The Morgan fingerprint density at radius 2 is 2.15 bits per heavy atom. The Hall–Kier alpha value is -1.31. The number of aliphatic hydroxyl groups excluding tert-OH is 1. The van der Waals surface area contributed by atoms with Gasteiger partial charge in [0.25, 0.3) is 5.91 Å². The summed E-state index contributed by atoms with van der Waals surface area (Å²) in [6, 6.07) is 4.02. The Bertz CT molecular complexity index is 504. The molecule has 0 radical (unpaired) electrons. The molecule has 0 bridgehead atoms. The van der Waals surface area contributed by atoms with Gasteiger partial charge in [-0.1, -0.05) is 18.8 Å². The second-order valence-electron chi connectivity index (χ2n) is 5.37. The maximum Gasteiger partial charge on any atom is 0.261 e. The average molecular weight is 291 g/mol. The fourth-order valence-electron chi connectivity index (χ4n) is 2.39. The summed E-state index contributed by atoms with van der Waals surface area (Å²) in [5.74, 6) is 6.64. The Balaban J connectivity index is 1.88. The highest BCUT2D eigenvalue weighted by molar-refractivity contribution is 7.14. The van der Waals surface area contributed by atoms with Crippen molar-refractivity contribution in [3.63, 3.8) is 0 Å². The molecule has 0 unspecified atom stereocenters. The zero-order chi connectivity index (χ0) is 14.4. The minimum Gasteiger partial charge on any atom is -0.395 e. The van der Waals surface area contributed by atoms with Crippen LogP contribution in [0.3, 0.4) is 0 Å². The lowest BCUT2D eigenvalue weighted by molar-refractivity contribution is 0.0927. The normalized spacial score (nSPS) is 21.9. The molecule has 2 N–H and O–H groups in total. The Labute approximate surface area is 124 Å². The van der Waals surface area contributed by atoms with E-state index in [1.54, 1.807) is 0 Å². The standard InChI is InChI=1S/C16H21NO2S/c1-12-5-7-13(8-6-12)17-16(19)15-10-9-14(20-15)4-2-3-11-18/h9-10,12-13,18H,3,5-8,11H2,1H3,(H,17,19). The van der Waals surface area contributed by atoms with Crippen LogP contribution in [0.4, 0.5) is 0 Å². The first kappa shape index (κ1) is 15.1. The van der Waals surface area contributed by atoms with E-state index in [0.29, 0.717) is 12.5 Å². The number of nitrogens with one attached hydrogen (secondary N) is 1. The van der Waals surface area contributed by atoms with Crippen LogP contribution in [-0.4, -0.2) is 23.7 Å². The van der Waals surface area contributed by atoms with Gasteiger partial charge in [-0.05, 0) is 43.7 Å². The molecule has 2 rings (SSSR count). The summed E-state index contributed by atoms with van der Waals surface area (Å²) in [6.07, 6.45) is 5.04. The zero-order valence-corrected chi connectivity index (χ0v) is 12.6. The Morgan fingerprint density at radius 1 is 1.40 bits per heavy atom. The maximum absolute atomic E-state index is 12.1. The lowest BCUT2D eigenvalue weighted by Gasteiger charge is -2.26. The smallest absolute Gasteiger partial charge is 0.261 e. The summed E-state index contributed by atoms with van der Waals surface area (Å²) in [7, 11) is 0. The van der Waals surface area contributed by atoms with Gasteiger partial charge in [-0.25, -0.2) is 0 Å². The predicted octanol–water partition coefficient (Wildman–Crippen LogP) is 2.79. The number of carbonyl (C=O) groups excluding carboxylic acids is 1. The van der Waals surface area contributed by atoms with Crippen LogP contribution in [0, 0.1) is 17.8 Å². The van der Waals surface area contributed by atoms with Gasteiger partial charge in [0, 0.05) is 12.5 Å². The van der Waals surface area contributed by atoms with Crippen LogP contribution in [0.15, 0.2) is 12.1 Å². The van der Waals surface area contributed by atoms with Crippen molar-refractivity contribution in [2.24, 2.45) is 5.92 Å². The molecule has 3 nitrogen and oxygen atoms in total. The number of carbonyl (C=O) groups is 1. The first-order valence-corrected chi connectivity index (χ1v) is 8.01. The molecular formula is C16H21NO2S. The molecule has 0 spiro atoms. The summed E-state index contributed by atoms with van der Waals surface area (Å²) in [6.45, 7) is 2.35. The summed E-state index contributed by atoms with van der Waals surface area (Å²) in [5.41, 5.74) is 0. The largest absolute Gasteiger partial charge is 0.395 e. The summed E-state index contributed by atoms with van der Waals surface area (Å²) in [5, 5.41) is 11.8. The van der Waals surface area contributed by atoms with Crippen LogP contribution in [0.25, 0.3) is 0 Å². The second kappa shape index (κ2) is 7.47. The summed E-state index contributed by atoms with van der Waals surface area (Å²) in [4.78, 5) is 13.7. The van der Waals surface area contributed by atoms with Crippen LogP contribution in [0.5, 0.6) is 0 Å². The predicted molar refractivity (Wildman–Crippen MR) is 81.8 cm³/mol. The highest BCUT2D eigenvalue weighted by Gasteiger charge is 2.20. The third-order valence-electron chi connectivity index (χ3n) is 3.63. The molecule has 0 saturated heterocycles. The van der Waals surface area contributed by atoms with Crippen molar-refractivity contribution in [1.82, 2.24) is 5.32 Å². The number of rotatable bonds is 3. The number of hydrogen-bond acceptors (Lipinski definition) is 3. The summed E-state index contributed by atoms with van der Waals surface area (Å²) >= 11 is 1.41. The number of hydrogen-bond donors (Lipinski definition) is 2. The Kier molecular flexibility index (Phi) is 5.63. The minimum atomic E-state index is 0.0183. The van der Waals surface area contributed by atoms with Crippen molar-refractivity contribution in [1.29, 1.82) is 0 Å². The topological polar surface area (TPSA) is 49.3 Å². The molecule has 1 aliphatic carbocycles. The molecule has 20 heavy (non-hydrogen) atoms. The first-order chi connectivity index (χ1) is 9.69. The van der Waals surface area contributed by atoms with Gasteiger partial charge in [-0.15, -0.1) is 11.3 Å². The van der Waals surface area contributed by atoms with Crippen molar-refractivity contribution >= 4 is 17.2 Å². The van der Waals surface area contributed by atoms with E-state index in [1.165, 1.54) is 24.2 Å². The third-order valence-corrected chi connectivity index (χ3v) is 4.63. The molecule has 1 aromatic rings. The van der Waals surface area contributed by atoms with E-state index in [0.717, 1.165) is 28.5 Å². The lowest BCUT2D eigenvalue weighted by Crippen LogP contribution is -2.36. The van der Waals surface area contributed by atoms with Crippen molar-refractivity contribution in [2.45, 2.75) is 45.1 Å². The van der Waals surface area contributed by atoms with E-state index in [-0.39, 0.29) is 12.5 Å². The Morgan fingerprint density at radius 3 is 2.85 bits per heavy atom. The molecule has 0 aromatic carbocycles. The molecule has 108 valence electrons. The SMILES string of the molecule is CC1CCC(NC(=O)c2ccc(C#CCCO)s2)CC1. The number of amides is 1. The molecule has 1 heterocycles. The quantitative estimate of drug-likeness (QED) is 0.841. The minimum absolute atomic E-state index is 0.0183. The summed E-state index contributed by atoms with van der Waals surface area (Å²) < 4.78 is 0. The molecule has 0 atom stereocenters. The molecular weight excluding hydrogens is 270 g/mol. The maximum atomic E-state index is 12.1. The van der Waals surface area contributed by atoms with E-state index < -0.39 is 0 Å². The molecule has 1 aromatic heterocycles. The monoisotopic (exact) mass is 291 g/mol. The first-order valence-electron chi connectivity index (χ1n) is 7.19. The van der Waals surface area contributed by atoms with Gasteiger partial charge >= 0.3 is 0 Å². The van der Waals surface area contributed by atoms with Gasteiger partial charge in [0.15, 0.2) is 0 Å². The molecule has 1 aliphatic rings. The zero-order valence-electron chi connectivity index (χ0n) is 11.8. The lowest BCUT2D eigenvalue weighted by atomic mass is 9.87. The van der Waals surface area contributed by atoms with Gasteiger partial charge in [0.2, 0.25) is 0 Å². The van der Waals surface area contributed by atoms with Crippen LogP contribution in [0.1, 0.15) is 53.6 Å². The van der Waals surface area contributed by atoms with Crippen LogP contribution >= 0.6 is 11.3 Å². The van der Waals surface area contributed by atoms with Gasteiger partial charge < -0.3 is 10.4 Å². The van der Waals surface area contributed by atoms with E-state index in [1.807, 2.05) is 12.1 Å². The van der Waals surface area contributed by atoms with Crippen LogP contribution < -0.4 is 5.32 Å². The third kappa shape index (κ3) is 4.36. The van der Waals surface area contributed by atoms with Gasteiger partial charge in [-0.3, -0.25) is 4.79 Å². The fourth-order valence-corrected chi connectivity index (χ4v) is 3.18. The van der Waals surface area contributed by atoms with Gasteiger partial charge in [-0.2, -0.15) is 0 Å². The van der Waals surface area contributed by atoms with Gasteiger partial charge in [0.05, 0.1) is 16.4 Å². The number of thiophene rings is 1. The van der Waals surface area contributed by atoms with Crippen LogP contribution in [0.2, 0.25) is 0 Å². The van der Waals surface area contributed by atoms with E-state index >= 15 is 0 Å². The fraction of sp³-hybridized carbons (Fsp3) is 0.562. The van der Waals surface area contributed by atoms with Crippen molar-refractivity contribution in [2.75, 3.05) is 6.61 Å². The van der Waals surface area contributed by atoms with Gasteiger partial charge in [0.1, 0.15) is 0 Å². The van der Waals surface area contributed by atoms with Crippen molar-refractivity contribution < 1.29 is 9.90 Å². The average Bonchev–Trinajstić information content (AvgIpc) is 2.91. The van der Waals surface area contributed by atoms with Crippen molar-refractivity contribution in [3.8, 4) is 11.8 Å². The highest BCUT2D eigenvalue weighted by atomic mass is 32.1. The van der Waals surface area contributed by atoms with E-state index in [2.05, 4.69) is 24.1 Å². The van der Waals surface area contributed by atoms with E-state index in [4.69, 9.17) is 5.11 Å². The molecule has 1 amide bonds. The highest BCUT2D eigenvalue weighted by Crippen LogP contribution is 2.24. The number of aliphatic hydroxyl groups is 1. The van der Waals surface area contributed by atoms with Crippen molar-refractivity contribution in [3.05, 3.63) is 21.9 Å². The second-order valence-corrected chi connectivity index (χ2v) is 6.45. The molecule has 0 aliphatic heterocycles. The molecule has 1 fully saturated rings. The molecule has 1 saturated carbocycles.